The molecule has 3 rings (SSSR count). The number of allylic oxidation sites excluding steroid dienone is 4. The van der Waals surface area contributed by atoms with Crippen LogP contribution in [-0.2, 0) is 32.2 Å². The molecule has 178 valence electrons. The largest absolute Gasteiger partial charge is 0.377 e. The van der Waals surface area contributed by atoms with Gasteiger partial charge >= 0.3 is 0 Å². The van der Waals surface area contributed by atoms with Crippen LogP contribution in [0.1, 0.15) is 75.3 Å². The van der Waals surface area contributed by atoms with E-state index >= 15 is 0 Å². The quantitative estimate of drug-likeness (QED) is 0.272. The predicted octanol–water partition coefficient (Wildman–Crippen LogP) is 6.53. The molecule has 32 heavy (non-hydrogen) atoms. The molecule has 0 spiro atoms. The Morgan fingerprint density at radius 3 is 1.75 bits per heavy atom. The third-order valence-electron chi connectivity index (χ3n) is 6.17. The SMILES string of the molecule is C1=CCCC(OCCOCCOCc2ccc(COC3CC/C=C\CCC3)cc2)CCC1. The van der Waals surface area contributed by atoms with Crippen LogP contribution in [0, 0.1) is 0 Å². The minimum Gasteiger partial charge on any atom is -0.377 e. The summed E-state index contributed by atoms with van der Waals surface area (Å²) < 4.78 is 23.5. The second-order valence-electron chi connectivity index (χ2n) is 8.87. The van der Waals surface area contributed by atoms with E-state index in [9.17, 15) is 0 Å². The van der Waals surface area contributed by atoms with Gasteiger partial charge in [-0.05, 0) is 75.3 Å². The summed E-state index contributed by atoms with van der Waals surface area (Å²) >= 11 is 0. The molecule has 2 aliphatic rings. The van der Waals surface area contributed by atoms with Crippen LogP contribution in [0.5, 0.6) is 0 Å². The van der Waals surface area contributed by atoms with Gasteiger partial charge in [0.25, 0.3) is 0 Å². The molecule has 0 radical (unpaired) electrons. The van der Waals surface area contributed by atoms with E-state index in [0.717, 1.165) is 32.1 Å². The maximum absolute atomic E-state index is 6.15. The van der Waals surface area contributed by atoms with Crippen molar-refractivity contribution in [3.8, 4) is 0 Å². The molecule has 0 N–H and O–H groups in total. The van der Waals surface area contributed by atoms with E-state index in [1.54, 1.807) is 0 Å². The van der Waals surface area contributed by atoms with Gasteiger partial charge in [0, 0.05) is 0 Å². The van der Waals surface area contributed by atoms with Crippen molar-refractivity contribution in [2.24, 2.45) is 0 Å². The fourth-order valence-electron chi connectivity index (χ4n) is 4.21. The summed E-state index contributed by atoms with van der Waals surface area (Å²) in [5.41, 5.74) is 2.42. The van der Waals surface area contributed by atoms with Gasteiger partial charge in [-0.3, -0.25) is 0 Å². The van der Waals surface area contributed by atoms with Crippen molar-refractivity contribution in [1.82, 2.24) is 0 Å². The molecule has 2 unspecified atom stereocenters. The molecule has 0 amide bonds. The van der Waals surface area contributed by atoms with Crippen molar-refractivity contribution in [2.45, 2.75) is 89.6 Å². The highest BCUT2D eigenvalue weighted by molar-refractivity contribution is 5.21. The van der Waals surface area contributed by atoms with Gasteiger partial charge < -0.3 is 18.9 Å². The fourth-order valence-corrected chi connectivity index (χ4v) is 4.21. The molecule has 0 bridgehead atoms. The topological polar surface area (TPSA) is 36.9 Å². The van der Waals surface area contributed by atoms with Crippen LogP contribution in [0.25, 0.3) is 0 Å². The van der Waals surface area contributed by atoms with Gasteiger partial charge in [-0.25, -0.2) is 0 Å². The lowest BCUT2D eigenvalue weighted by Gasteiger charge is -2.18. The van der Waals surface area contributed by atoms with E-state index in [0.29, 0.717) is 51.8 Å². The lowest BCUT2D eigenvalue weighted by molar-refractivity contribution is -0.0182. The molecule has 4 heteroatoms. The third kappa shape index (κ3) is 10.9. The zero-order valence-corrected chi connectivity index (χ0v) is 19.7. The van der Waals surface area contributed by atoms with Crippen LogP contribution in [0.2, 0.25) is 0 Å². The Labute approximate surface area is 195 Å². The van der Waals surface area contributed by atoms with Crippen LogP contribution in [-0.4, -0.2) is 38.6 Å². The molecular formula is C28H42O4. The second kappa shape index (κ2) is 16.2. The Morgan fingerprint density at radius 2 is 1.06 bits per heavy atom. The fraction of sp³-hybridized carbons (Fsp3) is 0.643. The molecule has 2 atom stereocenters. The number of rotatable bonds is 12. The summed E-state index contributed by atoms with van der Waals surface area (Å²) in [6.45, 7) is 3.85. The smallest absolute Gasteiger partial charge is 0.0720 e. The first-order valence-corrected chi connectivity index (χ1v) is 12.7. The van der Waals surface area contributed by atoms with E-state index in [1.165, 1.54) is 43.2 Å². The van der Waals surface area contributed by atoms with Crippen LogP contribution >= 0.6 is 0 Å². The molecule has 0 saturated heterocycles. The monoisotopic (exact) mass is 442 g/mol. The second-order valence-corrected chi connectivity index (χ2v) is 8.87. The molecule has 2 aliphatic carbocycles. The maximum atomic E-state index is 6.15. The first kappa shape index (κ1) is 25.2. The van der Waals surface area contributed by atoms with Crippen LogP contribution in [0.15, 0.2) is 48.6 Å². The van der Waals surface area contributed by atoms with Crippen LogP contribution < -0.4 is 0 Å². The number of hydrogen-bond acceptors (Lipinski definition) is 4. The van der Waals surface area contributed by atoms with Gasteiger partial charge in [-0.15, -0.1) is 0 Å². The molecule has 0 saturated carbocycles. The molecule has 4 nitrogen and oxygen atoms in total. The van der Waals surface area contributed by atoms with Crippen molar-refractivity contribution in [1.29, 1.82) is 0 Å². The molecule has 0 fully saturated rings. The Bertz CT molecular complexity index is 652. The van der Waals surface area contributed by atoms with Gasteiger partial charge in [-0.2, -0.15) is 0 Å². The number of benzene rings is 1. The summed E-state index contributed by atoms with van der Waals surface area (Å²) in [5, 5.41) is 0. The van der Waals surface area contributed by atoms with Crippen molar-refractivity contribution < 1.29 is 18.9 Å². The normalized spacial score (nSPS) is 23.1. The predicted molar refractivity (Wildman–Crippen MR) is 130 cm³/mol. The van der Waals surface area contributed by atoms with Crippen molar-refractivity contribution in [3.63, 3.8) is 0 Å². The molecule has 0 aromatic heterocycles. The van der Waals surface area contributed by atoms with Crippen LogP contribution in [0.4, 0.5) is 0 Å². The average Bonchev–Trinajstić information content (AvgIpc) is 2.77. The van der Waals surface area contributed by atoms with E-state index in [-0.39, 0.29) is 0 Å². The molecule has 0 heterocycles. The van der Waals surface area contributed by atoms with E-state index < -0.39 is 0 Å². The van der Waals surface area contributed by atoms with Gasteiger partial charge in [-0.1, -0.05) is 48.6 Å². The molecule has 0 aliphatic heterocycles. The standard InChI is InChI=1S/C28H42O4/c1-3-7-11-27(12-8-4-1)31-22-21-29-19-20-30-23-25-15-17-26(18-16-25)24-32-28-13-9-5-2-6-10-14-28/h1-3,5,15-18,27-28H,4,6-14,19-24H2/b3-1?,5-2-. The number of ether oxygens (including phenoxy) is 4. The first-order chi connectivity index (χ1) is 15.9. The summed E-state index contributed by atoms with van der Waals surface area (Å²) in [6, 6.07) is 8.58. The highest BCUT2D eigenvalue weighted by atomic mass is 16.5. The van der Waals surface area contributed by atoms with E-state index in [1.807, 2.05) is 0 Å². The zero-order valence-electron chi connectivity index (χ0n) is 19.7. The molecular weight excluding hydrogens is 400 g/mol. The maximum Gasteiger partial charge on any atom is 0.0720 e. The first-order valence-electron chi connectivity index (χ1n) is 12.7. The van der Waals surface area contributed by atoms with Gasteiger partial charge in [0.2, 0.25) is 0 Å². The van der Waals surface area contributed by atoms with Crippen LogP contribution in [0.3, 0.4) is 0 Å². The third-order valence-corrected chi connectivity index (χ3v) is 6.17. The highest BCUT2D eigenvalue weighted by Gasteiger charge is 2.10. The van der Waals surface area contributed by atoms with E-state index in [2.05, 4.69) is 48.6 Å². The Balaban J connectivity index is 1.19. The zero-order chi connectivity index (χ0) is 22.1. The van der Waals surface area contributed by atoms with Crippen molar-refractivity contribution in [2.75, 3.05) is 26.4 Å². The van der Waals surface area contributed by atoms with Crippen molar-refractivity contribution >= 4 is 0 Å². The lowest BCUT2D eigenvalue weighted by atomic mass is 10.0. The van der Waals surface area contributed by atoms with E-state index in [4.69, 9.17) is 18.9 Å². The summed E-state index contributed by atoms with van der Waals surface area (Å²) in [4.78, 5) is 0. The minimum absolute atomic E-state index is 0.391. The minimum atomic E-state index is 0.391. The van der Waals surface area contributed by atoms with Crippen molar-refractivity contribution in [3.05, 3.63) is 59.7 Å². The average molecular weight is 443 g/mol. The lowest BCUT2D eigenvalue weighted by Crippen LogP contribution is -2.17. The Morgan fingerprint density at radius 1 is 0.531 bits per heavy atom. The number of hydrogen-bond donors (Lipinski definition) is 0. The summed E-state index contributed by atoms with van der Waals surface area (Å²) in [7, 11) is 0. The Hall–Kier alpha value is -1.46. The summed E-state index contributed by atoms with van der Waals surface area (Å²) in [5.74, 6) is 0. The molecule has 1 aromatic carbocycles. The van der Waals surface area contributed by atoms with Gasteiger partial charge in [0.05, 0.1) is 51.8 Å². The Kier molecular flexibility index (Phi) is 12.7. The van der Waals surface area contributed by atoms with Gasteiger partial charge in [0.1, 0.15) is 0 Å². The van der Waals surface area contributed by atoms with Gasteiger partial charge in [0.15, 0.2) is 0 Å². The molecule has 1 aromatic rings. The highest BCUT2D eigenvalue weighted by Crippen LogP contribution is 2.18. The summed E-state index contributed by atoms with van der Waals surface area (Å²) in [6.07, 6.45) is 21.6.